The maximum Gasteiger partial charge on any atom is 0.306 e. The molecule has 0 aromatic heterocycles. The number of esters is 2. The Hall–Kier alpha value is -2.54. The van der Waals surface area contributed by atoms with E-state index in [2.05, 4.69) is 62.5 Å². The molecular weight excluding hydrogens is 1040 g/mol. The van der Waals surface area contributed by atoms with Gasteiger partial charge in [-0.15, -0.1) is 0 Å². The van der Waals surface area contributed by atoms with E-state index < -0.39 is 99.3 Å². The molecule has 7 N–H and O–H groups in total. The predicted molar refractivity (Wildman–Crippen MR) is 326 cm³/mol. The number of carbonyl (C=O) groups excluding carboxylic acids is 2. The Kier molecular flexibility index (Phi) is 48.6. The summed E-state index contributed by atoms with van der Waals surface area (Å²) in [6.07, 6.45) is 47.3. The molecule has 2 aliphatic rings. The van der Waals surface area contributed by atoms with Crippen LogP contribution >= 0.6 is 0 Å². The van der Waals surface area contributed by atoms with Crippen LogP contribution in [0.4, 0.5) is 0 Å². The summed E-state index contributed by atoms with van der Waals surface area (Å²) in [6, 6.07) is 0. The van der Waals surface area contributed by atoms with Crippen molar-refractivity contribution < 1.29 is 73.8 Å². The third kappa shape index (κ3) is 38.5. The van der Waals surface area contributed by atoms with E-state index >= 15 is 0 Å². The molecule has 11 atom stereocenters. The van der Waals surface area contributed by atoms with Crippen LogP contribution in [0.25, 0.3) is 0 Å². The zero-order valence-corrected chi connectivity index (χ0v) is 51.5. The SMILES string of the molecule is CCCCCCCCCCCCCCCC/C=C/CC/C=C/CCCC(=O)OC[C@@H](CO[C@@H]1O[C@H](CO[C@@H]2O[C@H](CO)[C@H](O)C(O)C2O)[C@H](O)C(O)C1O)OC(=O)CCC/C=C/CC/C=C/CCCCCCCCCCCCCCCC. The molecule has 82 heavy (non-hydrogen) atoms. The lowest BCUT2D eigenvalue weighted by molar-refractivity contribution is -0.332. The number of hydrogen-bond donors (Lipinski definition) is 7. The van der Waals surface area contributed by atoms with Crippen molar-refractivity contribution in [3.63, 3.8) is 0 Å². The lowest BCUT2D eigenvalue weighted by Crippen LogP contribution is -2.61. The molecule has 0 bridgehead atoms. The molecule has 0 saturated carbocycles. The summed E-state index contributed by atoms with van der Waals surface area (Å²) in [6.45, 7) is 2.57. The molecule has 15 heteroatoms. The zero-order chi connectivity index (χ0) is 59.5. The zero-order valence-electron chi connectivity index (χ0n) is 51.5. The summed E-state index contributed by atoms with van der Waals surface area (Å²) in [4.78, 5) is 26.0. The summed E-state index contributed by atoms with van der Waals surface area (Å²) in [5, 5.41) is 72.5. The number of carbonyl (C=O) groups is 2. The first kappa shape index (κ1) is 75.6. The Morgan fingerprint density at radius 2 is 0.707 bits per heavy atom. The number of ether oxygens (including phenoxy) is 6. The van der Waals surface area contributed by atoms with E-state index in [1.807, 2.05) is 0 Å². The maximum atomic E-state index is 13.1. The maximum absolute atomic E-state index is 13.1. The van der Waals surface area contributed by atoms with E-state index in [4.69, 9.17) is 28.4 Å². The van der Waals surface area contributed by atoms with Crippen LogP contribution in [0.15, 0.2) is 48.6 Å². The van der Waals surface area contributed by atoms with Gasteiger partial charge in [0.1, 0.15) is 55.4 Å². The van der Waals surface area contributed by atoms with Crippen LogP contribution in [0.2, 0.25) is 0 Å². The van der Waals surface area contributed by atoms with Gasteiger partial charge in [0.15, 0.2) is 18.7 Å². The lowest BCUT2D eigenvalue weighted by atomic mass is 9.98. The van der Waals surface area contributed by atoms with Gasteiger partial charge in [-0.3, -0.25) is 9.59 Å². The molecule has 4 unspecified atom stereocenters. The normalized spacial score (nSPS) is 23.7. The fourth-order valence-electron chi connectivity index (χ4n) is 10.4. The van der Waals surface area contributed by atoms with Gasteiger partial charge < -0.3 is 64.2 Å². The minimum absolute atomic E-state index is 0.0976. The highest BCUT2D eigenvalue weighted by molar-refractivity contribution is 5.70. The van der Waals surface area contributed by atoms with Crippen LogP contribution in [0.5, 0.6) is 0 Å². The van der Waals surface area contributed by atoms with Crippen molar-refractivity contribution in [1.82, 2.24) is 0 Å². The number of allylic oxidation sites excluding steroid dienone is 8. The molecule has 0 aromatic carbocycles. The van der Waals surface area contributed by atoms with E-state index in [1.165, 1.54) is 180 Å². The molecule has 478 valence electrons. The summed E-state index contributed by atoms with van der Waals surface area (Å²) < 4.78 is 33.7. The molecule has 2 aliphatic heterocycles. The van der Waals surface area contributed by atoms with Gasteiger partial charge in [-0.2, -0.15) is 0 Å². The highest BCUT2D eigenvalue weighted by Gasteiger charge is 2.47. The van der Waals surface area contributed by atoms with E-state index in [-0.39, 0.29) is 19.4 Å². The van der Waals surface area contributed by atoms with Crippen molar-refractivity contribution in [2.75, 3.05) is 26.4 Å². The molecule has 0 radical (unpaired) electrons. The van der Waals surface area contributed by atoms with Crippen molar-refractivity contribution >= 4 is 11.9 Å². The van der Waals surface area contributed by atoms with Crippen molar-refractivity contribution in [3.8, 4) is 0 Å². The summed E-state index contributed by atoms with van der Waals surface area (Å²) >= 11 is 0. The van der Waals surface area contributed by atoms with Gasteiger partial charge in [0, 0.05) is 12.8 Å². The molecule has 0 amide bonds. The number of unbranched alkanes of at least 4 members (excludes halogenated alkanes) is 32. The Labute approximate surface area is 497 Å². The monoisotopic (exact) mass is 1160 g/mol. The molecule has 0 spiro atoms. The highest BCUT2D eigenvalue weighted by Crippen LogP contribution is 2.27. The van der Waals surface area contributed by atoms with Gasteiger partial charge in [-0.25, -0.2) is 0 Å². The molecule has 0 aliphatic carbocycles. The van der Waals surface area contributed by atoms with Crippen molar-refractivity contribution in [2.24, 2.45) is 0 Å². The Bertz CT molecular complexity index is 1600. The van der Waals surface area contributed by atoms with Crippen molar-refractivity contribution in [2.45, 2.75) is 338 Å². The van der Waals surface area contributed by atoms with Crippen LogP contribution in [0.1, 0.15) is 271 Å². The minimum Gasteiger partial charge on any atom is -0.462 e. The van der Waals surface area contributed by atoms with Gasteiger partial charge in [-0.05, 0) is 77.0 Å². The molecule has 0 aromatic rings. The lowest BCUT2D eigenvalue weighted by Gasteiger charge is -2.42. The number of rotatable bonds is 54. The van der Waals surface area contributed by atoms with Gasteiger partial charge in [0.2, 0.25) is 0 Å². The van der Waals surface area contributed by atoms with Crippen LogP contribution in [-0.2, 0) is 38.0 Å². The summed E-state index contributed by atoms with van der Waals surface area (Å²) in [7, 11) is 0. The molecule has 2 rings (SSSR count). The van der Waals surface area contributed by atoms with Crippen molar-refractivity contribution in [3.05, 3.63) is 48.6 Å². The third-order valence-electron chi connectivity index (χ3n) is 15.7. The fourth-order valence-corrected chi connectivity index (χ4v) is 10.4. The average Bonchev–Trinajstić information content (AvgIpc) is 3.61. The Morgan fingerprint density at radius 1 is 0.378 bits per heavy atom. The molecule has 2 heterocycles. The molecular formula is C67H120O15. The average molecular weight is 1170 g/mol. The smallest absolute Gasteiger partial charge is 0.306 e. The van der Waals surface area contributed by atoms with E-state index in [0.717, 1.165) is 38.5 Å². The van der Waals surface area contributed by atoms with E-state index in [9.17, 15) is 45.3 Å². The second-order valence-electron chi connectivity index (χ2n) is 23.3. The molecule has 15 nitrogen and oxygen atoms in total. The number of aliphatic hydroxyl groups excluding tert-OH is 7. The van der Waals surface area contributed by atoms with E-state index in [1.54, 1.807) is 0 Å². The number of hydrogen-bond acceptors (Lipinski definition) is 15. The Balaban J connectivity index is 1.73. The first-order valence-electron chi connectivity index (χ1n) is 33.2. The summed E-state index contributed by atoms with van der Waals surface area (Å²) in [5.41, 5.74) is 0. The second-order valence-corrected chi connectivity index (χ2v) is 23.3. The topological polar surface area (TPSA) is 231 Å². The van der Waals surface area contributed by atoms with Gasteiger partial charge in [-0.1, -0.05) is 229 Å². The fraction of sp³-hybridized carbons (Fsp3) is 0.851. The predicted octanol–water partition coefficient (Wildman–Crippen LogP) is 13.0. The Morgan fingerprint density at radius 3 is 1.11 bits per heavy atom. The largest absolute Gasteiger partial charge is 0.462 e. The van der Waals surface area contributed by atoms with Crippen LogP contribution < -0.4 is 0 Å². The second kappa shape index (κ2) is 52.8. The number of aliphatic hydroxyl groups is 7. The highest BCUT2D eigenvalue weighted by atomic mass is 16.7. The summed E-state index contributed by atoms with van der Waals surface area (Å²) in [5.74, 6) is -1.01. The van der Waals surface area contributed by atoms with Crippen LogP contribution in [0.3, 0.4) is 0 Å². The standard InChI is InChI=1S/C67H120O15/c1-3-5-7-9-11-13-15-17-19-21-23-25-27-29-31-33-35-37-39-41-43-45-47-49-58(69)77-52-55(53-78-66-65(76)63(74)61(72)57(82-66)54-79-67-64(75)62(73)60(71)56(51-68)81-67)80-59(70)50-48-46-44-42-40-38-36-34-32-30-28-26-24-22-20-18-16-14-12-10-8-6-4-2/h33-36,41-44,55-57,60-68,71-76H,3-32,37-40,45-54H2,1-2H3/b35-33+,36-34+,43-41+,44-42+/t55-,56+,57+,60-,61-,62?,63?,64?,65?,66+,67+/m0/s1. The van der Waals surface area contributed by atoms with Crippen molar-refractivity contribution in [1.29, 1.82) is 0 Å². The van der Waals surface area contributed by atoms with Crippen LogP contribution in [0, 0.1) is 0 Å². The minimum atomic E-state index is -1.78. The first-order valence-corrected chi connectivity index (χ1v) is 33.2. The first-order chi connectivity index (χ1) is 40.0. The molecule has 2 saturated heterocycles. The van der Waals surface area contributed by atoms with Gasteiger partial charge in [0.25, 0.3) is 0 Å². The third-order valence-corrected chi connectivity index (χ3v) is 15.7. The molecule has 2 fully saturated rings. The van der Waals surface area contributed by atoms with Gasteiger partial charge in [0.05, 0.1) is 19.8 Å². The van der Waals surface area contributed by atoms with E-state index in [0.29, 0.717) is 25.7 Å². The van der Waals surface area contributed by atoms with Gasteiger partial charge >= 0.3 is 11.9 Å². The van der Waals surface area contributed by atoms with Crippen LogP contribution in [-0.4, -0.2) is 142 Å². The quantitative estimate of drug-likeness (QED) is 0.0171.